The highest BCUT2D eigenvalue weighted by atomic mass is 16.5. The summed E-state index contributed by atoms with van der Waals surface area (Å²) in [6.45, 7) is 11.1. The molecule has 132 heavy (non-hydrogen) atoms. The average molecular weight is 1770 g/mol. The molecule has 0 radical (unpaired) electrons. The maximum Gasteiger partial charge on any atom is 0.344 e. The zero-order valence-electron chi connectivity index (χ0n) is 72.8. The van der Waals surface area contributed by atoms with Crippen molar-refractivity contribution in [1.82, 2.24) is 134 Å². The van der Waals surface area contributed by atoms with Crippen LogP contribution in [0.5, 0.6) is 0 Å². The molecule has 17 aromatic rings. The molecule has 0 spiro atoms. The van der Waals surface area contributed by atoms with Gasteiger partial charge in [-0.05, 0) is 130 Å². The van der Waals surface area contributed by atoms with Crippen molar-refractivity contribution in [2.45, 2.75) is 139 Å². The molecule has 668 valence electrons. The Morgan fingerprint density at radius 3 is 1.11 bits per heavy atom. The van der Waals surface area contributed by atoms with Crippen molar-refractivity contribution in [2.75, 3.05) is 62.3 Å². The minimum atomic E-state index is -0.857. The lowest BCUT2D eigenvalue weighted by Gasteiger charge is -2.39. The normalized spacial score (nSPS) is 15.6. The Balaban J connectivity index is 0.000000114. The number of amides is 2. The number of fused-ring (bicyclic) bond motifs is 1. The van der Waals surface area contributed by atoms with Crippen molar-refractivity contribution in [1.29, 1.82) is 0 Å². The molecule has 5 fully saturated rings. The molecule has 39 heteroatoms. The van der Waals surface area contributed by atoms with Crippen LogP contribution >= 0.6 is 0 Å². The van der Waals surface area contributed by atoms with Gasteiger partial charge in [-0.3, -0.25) is 4.68 Å². The van der Waals surface area contributed by atoms with Crippen molar-refractivity contribution in [3.8, 4) is 90.3 Å². The summed E-state index contributed by atoms with van der Waals surface area (Å²) in [7, 11) is 0. The second-order valence-corrected chi connectivity index (χ2v) is 33.9. The highest BCUT2D eigenvalue weighted by Crippen LogP contribution is 2.53. The smallest absolute Gasteiger partial charge is 0.344 e. The number of carbonyl (C=O) groups excluding carboxylic acids is 2. The third-order valence-electron chi connectivity index (χ3n) is 25.3. The molecule has 4 saturated carbocycles. The van der Waals surface area contributed by atoms with E-state index in [0.717, 1.165) is 149 Å². The van der Waals surface area contributed by atoms with Gasteiger partial charge in [-0.2, -0.15) is 49.7 Å². The van der Waals surface area contributed by atoms with Gasteiger partial charge >= 0.3 is 12.1 Å². The van der Waals surface area contributed by atoms with E-state index in [9.17, 15) is 14.7 Å². The molecule has 22 rings (SSSR count). The molecule has 2 amide bonds. The lowest BCUT2D eigenvalue weighted by molar-refractivity contribution is 0.0528. The Morgan fingerprint density at radius 2 is 0.750 bits per heavy atom. The van der Waals surface area contributed by atoms with E-state index in [1.807, 2.05) is 56.6 Å². The number of hydrogen-bond donors (Lipinski definition) is 5. The van der Waals surface area contributed by atoms with Crippen LogP contribution < -0.4 is 22.9 Å². The predicted octanol–water partition coefficient (Wildman–Crippen LogP) is 13.0. The zero-order valence-corrected chi connectivity index (χ0v) is 72.8. The van der Waals surface area contributed by atoms with Crippen LogP contribution in [-0.2, 0) is 32.9 Å². The lowest BCUT2D eigenvalue weighted by Crippen LogP contribution is -2.43. The van der Waals surface area contributed by atoms with Crippen LogP contribution in [0.2, 0.25) is 0 Å². The van der Waals surface area contributed by atoms with Gasteiger partial charge in [-0.25, -0.2) is 59.0 Å². The van der Waals surface area contributed by atoms with Crippen LogP contribution in [0.1, 0.15) is 150 Å². The molecule has 1 aliphatic heterocycles. The first-order chi connectivity index (χ1) is 64.2. The first-order valence-electron chi connectivity index (χ1n) is 43.6. The molecule has 4 aliphatic carbocycles. The minimum absolute atomic E-state index is 0.182. The van der Waals surface area contributed by atoms with Crippen LogP contribution in [0.15, 0.2) is 227 Å². The SMILES string of the molecule is CC(C)(O)Cn1cc(-c2nc(C3(c4ccc(-c5cnc(N)nc5)cc4)CCC3)no2)cn1.CCN(CC)C(=O)n1cc(-c2nc(C3(c4ccc(-c5cnc(N)nc5)cc4)CCC3)no2)cn1.Nc1ncc(-c2ccc(C3(c4noc(-c5cnn(C(=O)N6CCOCC6)c5)n4)CCC3)cc2)cn1.Nc1ncc(-c2ccc(C3(c4noc(-c5cnn6cccnc56)n4)CCC3)cc2)cn1. The standard InChI is InChI=1S/C24H24N8O3.C24H26N8O2.C23H25N7O2.C22H18N8O/c25-22-26-12-17(13-27-22)16-2-4-19(5-3-16)24(6-1-7-24)21-29-20(35-30-21)18-14-28-32(15-18)23(33)31-8-10-34-11-9-31;1-3-31(4-2)23(33)32-15-18(14-28-32)20-29-21(30-34-20)24(10-5-11-24)19-8-6-16(7-9-19)17-12-26-22(25)27-13-17;1-22(2,31)14-30-13-17(12-27-30)19-28-20(29-32-19)23(8-3-9-23)18-6-4-15(5-7-18)16-10-25-21(24)26-11-16;23-21-25-11-15(12-26-21)14-3-5-16(6-4-14)22(7-1-8-22)20-28-19(31-29-20)17-13-27-30-10-2-9-24-18(17)30/h2-5,12-15H,1,6-11H2,(H2,25,26,27);6-9,12-15H,3-5,10-11H2,1-2H3,(H2,25,26,27);4-7,10-13,31H,3,8-9,14H2,1-2H3,(H2,24,25,26);2-6,9-13H,1,7-8H2,(H2,23,25,26). The van der Waals surface area contributed by atoms with Gasteiger partial charge in [0, 0.05) is 129 Å². The maximum atomic E-state index is 12.7. The first-order valence-corrected chi connectivity index (χ1v) is 43.6. The van der Waals surface area contributed by atoms with Crippen LogP contribution in [0.3, 0.4) is 0 Å². The third-order valence-corrected chi connectivity index (χ3v) is 25.3. The van der Waals surface area contributed by atoms with E-state index < -0.39 is 5.60 Å². The quantitative estimate of drug-likeness (QED) is 0.0473. The van der Waals surface area contributed by atoms with Crippen LogP contribution in [0.25, 0.3) is 96.0 Å². The molecule has 0 unspecified atom stereocenters. The number of nitrogens with two attached hydrogens (primary N) is 4. The Labute approximate surface area is 754 Å². The van der Waals surface area contributed by atoms with Crippen LogP contribution in [0, 0.1) is 0 Å². The zero-order chi connectivity index (χ0) is 90.7. The number of nitrogens with zero attached hydrogens (tertiary/aromatic N) is 27. The van der Waals surface area contributed by atoms with Gasteiger partial charge in [0.1, 0.15) is 5.56 Å². The van der Waals surface area contributed by atoms with Crippen LogP contribution in [-0.4, -0.2) is 196 Å². The number of nitrogen functional groups attached to an aromatic ring is 4. The van der Waals surface area contributed by atoms with Crippen molar-refractivity contribution >= 4 is 41.5 Å². The largest absolute Gasteiger partial charge is 0.389 e. The number of hydrogen-bond acceptors (Lipinski definition) is 33. The molecule has 13 aromatic heterocycles. The molecular formula is C93H93N31O8. The maximum absolute atomic E-state index is 12.7. The van der Waals surface area contributed by atoms with E-state index in [0.29, 0.717) is 110 Å². The van der Waals surface area contributed by atoms with Crippen molar-refractivity contribution < 1.29 is 37.5 Å². The fourth-order valence-electron chi connectivity index (χ4n) is 17.2. The molecule has 14 heterocycles. The van der Waals surface area contributed by atoms with E-state index in [4.69, 9.17) is 65.7 Å². The summed E-state index contributed by atoms with van der Waals surface area (Å²) in [6, 6.07) is 34.8. The summed E-state index contributed by atoms with van der Waals surface area (Å²) in [5.74, 6) is 5.31. The molecular weight excluding hydrogens is 1680 g/mol. The summed E-state index contributed by atoms with van der Waals surface area (Å²) < 4.78 is 33.7. The summed E-state index contributed by atoms with van der Waals surface area (Å²) in [5.41, 5.74) is 36.1. The predicted molar refractivity (Wildman–Crippen MR) is 482 cm³/mol. The Hall–Kier alpha value is -15.9. The van der Waals surface area contributed by atoms with Crippen LogP contribution in [0.4, 0.5) is 33.4 Å². The van der Waals surface area contributed by atoms with Crippen molar-refractivity contribution in [3.63, 3.8) is 0 Å². The van der Waals surface area contributed by atoms with E-state index in [1.165, 1.54) is 14.9 Å². The number of anilines is 4. The second kappa shape index (κ2) is 36.0. The molecule has 4 aromatic carbocycles. The third kappa shape index (κ3) is 17.1. The molecule has 5 aliphatic rings. The number of morpholine rings is 1. The van der Waals surface area contributed by atoms with Gasteiger partial charge in [-0.1, -0.05) is 143 Å². The molecule has 1 saturated heterocycles. The van der Waals surface area contributed by atoms with E-state index in [-0.39, 0.29) is 57.5 Å². The number of aromatic nitrogens is 25. The number of aliphatic hydroxyl groups is 1. The number of ether oxygens (including phenoxy) is 1. The number of carbonyl (C=O) groups is 2. The van der Waals surface area contributed by atoms with Gasteiger partial charge in [0.25, 0.3) is 23.6 Å². The van der Waals surface area contributed by atoms with E-state index >= 15 is 0 Å². The summed E-state index contributed by atoms with van der Waals surface area (Å²) >= 11 is 0. The minimum Gasteiger partial charge on any atom is -0.389 e. The molecule has 9 N–H and O–H groups in total. The summed E-state index contributed by atoms with van der Waals surface area (Å²) in [4.78, 5) is 84.5. The molecule has 0 atom stereocenters. The van der Waals surface area contributed by atoms with Gasteiger partial charge in [0.2, 0.25) is 23.8 Å². The molecule has 0 bridgehead atoms. The van der Waals surface area contributed by atoms with Gasteiger partial charge < -0.3 is 60.7 Å². The lowest BCUT2D eigenvalue weighted by atomic mass is 9.64. The van der Waals surface area contributed by atoms with Crippen molar-refractivity contribution in [2.24, 2.45) is 0 Å². The second-order valence-electron chi connectivity index (χ2n) is 33.9. The fraction of sp³-hybridized carbons (Fsp3) is 0.301. The Morgan fingerprint density at radius 1 is 0.409 bits per heavy atom. The van der Waals surface area contributed by atoms with Gasteiger partial charge in [0.05, 0.1) is 88.5 Å². The topological polar surface area (TPSA) is 517 Å². The van der Waals surface area contributed by atoms with E-state index in [2.05, 4.69) is 159 Å². The van der Waals surface area contributed by atoms with Crippen molar-refractivity contribution in [3.05, 3.63) is 254 Å². The van der Waals surface area contributed by atoms with E-state index in [1.54, 1.807) is 126 Å². The number of benzene rings is 4. The average Bonchev–Trinajstić information content (AvgIpc) is 1.56. The van der Waals surface area contributed by atoms with Gasteiger partial charge in [-0.15, -0.1) is 0 Å². The van der Waals surface area contributed by atoms with Gasteiger partial charge in [0.15, 0.2) is 28.9 Å². The highest BCUT2D eigenvalue weighted by Gasteiger charge is 2.49. The Bertz CT molecular complexity index is 6850. The Kier molecular flexibility index (Phi) is 23.3. The fourth-order valence-corrected chi connectivity index (χ4v) is 17.2. The number of rotatable bonds is 20. The summed E-state index contributed by atoms with van der Waals surface area (Å²) in [5, 5.41) is 44.4. The molecule has 39 nitrogen and oxygen atoms in total. The summed E-state index contributed by atoms with van der Waals surface area (Å²) in [6.07, 6.45) is 41.0. The first kappa shape index (κ1) is 85.5. The monoisotopic (exact) mass is 1770 g/mol. The highest BCUT2D eigenvalue weighted by molar-refractivity contribution is 5.78.